The van der Waals surface area contributed by atoms with Crippen LogP contribution in [0.25, 0.3) is 33.4 Å². The van der Waals surface area contributed by atoms with E-state index >= 15 is 0 Å². The number of methoxy groups -OCH3 is 1. The van der Waals surface area contributed by atoms with Crippen molar-refractivity contribution >= 4 is 40.4 Å². The molecule has 0 amide bonds. The Morgan fingerprint density at radius 1 is 1.00 bits per heavy atom. The highest BCUT2D eigenvalue weighted by Crippen LogP contribution is 2.46. The van der Waals surface area contributed by atoms with Gasteiger partial charge in [-0.2, -0.15) is 0 Å². The van der Waals surface area contributed by atoms with Gasteiger partial charge in [0.2, 0.25) is 5.88 Å². The molecule has 3 aromatic heterocycles. The summed E-state index contributed by atoms with van der Waals surface area (Å²) in [6.45, 7) is 5.73. The molecule has 0 spiro atoms. The predicted molar refractivity (Wildman–Crippen MR) is 195 cm³/mol. The third-order valence-corrected chi connectivity index (χ3v) is 10.7. The van der Waals surface area contributed by atoms with Crippen molar-refractivity contribution in [3.8, 4) is 28.3 Å². The van der Waals surface area contributed by atoms with E-state index in [4.69, 9.17) is 21.3 Å². The molecule has 50 heavy (non-hydrogen) atoms. The lowest BCUT2D eigenvalue weighted by Gasteiger charge is -2.26. The Hall–Kier alpha value is -4.87. The Kier molecular flexibility index (Phi) is 9.04. The lowest BCUT2D eigenvalue weighted by atomic mass is 9.96. The van der Waals surface area contributed by atoms with Crippen molar-refractivity contribution in [2.75, 3.05) is 25.5 Å². The number of benzene rings is 2. The summed E-state index contributed by atoms with van der Waals surface area (Å²) < 4.78 is 8.34. The lowest BCUT2D eigenvalue weighted by molar-refractivity contribution is -0.108. The molecule has 258 valence electrons. The molecular weight excluding hydrogens is 654 g/mol. The number of nitrogens with one attached hydrogen (secondary N) is 1. The van der Waals surface area contributed by atoms with E-state index in [2.05, 4.69) is 26.3 Å². The summed E-state index contributed by atoms with van der Waals surface area (Å²) in [5.41, 5.74) is 6.67. The van der Waals surface area contributed by atoms with Gasteiger partial charge in [-0.25, -0.2) is 19.7 Å². The monoisotopic (exact) mass is 693 g/mol. The minimum atomic E-state index is -0.474. The fourth-order valence-corrected chi connectivity index (χ4v) is 8.04. The smallest absolute Gasteiger partial charge is 0.332 e. The molecule has 0 bridgehead atoms. The minimum absolute atomic E-state index is 0.228. The van der Waals surface area contributed by atoms with E-state index < -0.39 is 11.2 Å². The van der Waals surface area contributed by atoms with Crippen LogP contribution in [-0.2, 0) is 25.3 Å². The first-order chi connectivity index (χ1) is 24.1. The minimum Gasteiger partial charge on any atom is -0.481 e. The van der Waals surface area contributed by atoms with Gasteiger partial charge in [0.05, 0.1) is 17.8 Å². The maximum Gasteiger partial charge on any atom is 0.332 e. The predicted octanol–water partition coefficient (Wildman–Crippen LogP) is 6.07. The van der Waals surface area contributed by atoms with Crippen molar-refractivity contribution in [2.45, 2.75) is 52.0 Å². The third kappa shape index (κ3) is 5.78. The number of ether oxygens (including phenoxy) is 1. The van der Waals surface area contributed by atoms with Crippen LogP contribution in [0.15, 0.2) is 52.1 Å². The Morgan fingerprint density at radius 2 is 1.76 bits per heavy atom. The number of pyridine rings is 1. The average molecular weight is 694 g/mol. The number of nitrogens with zero attached hydrogens (tertiary/aromatic N) is 6. The number of carbonyl (C=O) groups excluding carboxylic acids is 1. The van der Waals surface area contributed by atoms with E-state index in [9.17, 15) is 14.4 Å². The van der Waals surface area contributed by atoms with Crippen molar-refractivity contribution in [1.82, 2.24) is 29.0 Å². The van der Waals surface area contributed by atoms with Crippen LogP contribution < -0.4 is 21.3 Å². The lowest BCUT2D eigenvalue weighted by Crippen LogP contribution is -2.37. The average Bonchev–Trinajstić information content (AvgIpc) is 3.76. The molecule has 1 aliphatic carbocycles. The van der Waals surface area contributed by atoms with Crippen LogP contribution in [0.2, 0.25) is 5.02 Å². The molecule has 4 heterocycles. The number of carbonyl (C=O) groups is 1. The van der Waals surface area contributed by atoms with E-state index in [0.29, 0.717) is 34.9 Å². The SMILES string of the molecule is COc1nc(-c2cccc(-c3cccc(Nc4nc(C)nc5c4c(=O)n(C)c(=O)n5C)c3C)c2Cl)cc2c1[C@@H](N1CCC(CCC=O)C1)CC2. The molecule has 1 N–H and O–H groups in total. The van der Waals surface area contributed by atoms with E-state index in [1.807, 2.05) is 43.3 Å². The molecule has 0 radical (unpaired) electrons. The number of fused-ring (bicyclic) bond motifs is 2. The molecule has 0 saturated carbocycles. The molecule has 1 fully saturated rings. The van der Waals surface area contributed by atoms with Gasteiger partial charge in [-0.1, -0.05) is 41.9 Å². The van der Waals surface area contributed by atoms with Gasteiger partial charge >= 0.3 is 5.69 Å². The molecule has 2 aromatic carbocycles. The van der Waals surface area contributed by atoms with Crippen LogP contribution in [0.3, 0.4) is 0 Å². The van der Waals surface area contributed by atoms with Gasteiger partial charge in [-0.3, -0.25) is 18.8 Å². The topological polar surface area (TPSA) is 124 Å². The summed E-state index contributed by atoms with van der Waals surface area (Å²) in [6, 6.07) is 14.2. The van der Waals surface area contributed by atoms with E-state index in [1.54, 1.807) is 21.1 Å². The molecule has 11 nitrogen and oxygen atoms in total. The standard InChI is InChI=1S/C38H40ClN7O4/c1-21-25(10-7-13-28(21)42-34-32-35(41-22(2)40-34)44(3)38(49)45(4)37(32)48)26-11-6-12-27(33(26)39)29-19-24-14-15-30(31(24)36(43-29)50-5)46-17-16-23(20-46)9-8-18-47/h6-7,10-13,18-19,23,30H,8-9,14-17,20H2,1-5H3,(H,40,41,42)/t23?,30-/m0/s1. The maximum absolute atomic E-state index is 13.2. The maximum atomic E-state index is 13.2. The molecular formula is C38H40ClN7O4. The highest BCUT2D eigenvalue weighted by molar-refractivity contribution is 6.36. The Balaban J connectivity index is 1.23. The van der Waals surface area contributed by atoms with E-state index in [-0.39, 0.29) is 17.1 Å². The van der Waals surface area contributed by atoms with Crippen LogP contribution in [0.4, 0.5) is 11.5 Å². The van der Waals surface area contributed by atoms with Crippen molar-refractivity contribution in [1.29, 1.82) is 0 Å². The third-order valence-electron chi connectivity index (χ3n) is 10.3. The van der Waals surface area contributed by atoms with Gasteiger partial charge in [0, 0.05) is 55.5 Å². The first kappa shape index (κ1) is 33.6. The van der Waals surface area contributed by atoms with Gasteiger partial charge < -0.3 is 14.8 Å². The first-order valence-electron chi connectivity index (χ1n) is 17.0. The summed E-state index contributed by atoms with van der Waals surface area (Å²) in [5.74, 6) is 1.93. The molecule has 12 heteroatoms. The van der Waals surface area contributed by atoms with Crippen molar-refractivity contribution in [3.05, 3.63) is 90.8 Å². The number of aryl methyl sites for hydroxylation is 3. The van der Waals surface area contributed by atoms with Gasteiger partial charge in [-0.15, -0.1) is 0 Å². The molecule has 5 aromatic rings. The molecule has 1 saturated heterocycles. The van der Waals surface area contributed by atoms with Crippen LogP contribution in [0.1, 0.15) is 54.2 Å². The fourth-order valence-electron chi connectivity index (χ4n) is 7.71. The van der Waals surface area contributed by atoms with Crippen LogP contribution >= 0.6 is 11.6 Å². The molecule has 1 unspecified atom stereocenters. The number of aromatic nitrogens is 5. The summed E-state index contributed by atoms with van der Waals surface area (Å²) in [6.07, 6.45) is 5.64. The normalized spacial score (nSPS) is 17.3. The van der Waals surface area contributed by atoms with Gasteiger partial charge in [0.25, 0.3) is 5.56 Å². The van der Waals surface area contributed by atoms with E-state index in [0.717, 1.165) is 88.8 Å². The molecule has 1 aliphatic heterocycles. The van der Waals surface area contributed by atoms with Gasteiger partial charge in [0.15, 0.2) is 5.65 Å². The summed E-state index contributed by atoms with van der Waals surface area (Å²) >= 11 is 7.24. The van der Waals surface area contributed by atoms with Crippen LogP contribution in [0, 0.1) is 19.8 Å². The summed E-state index contributed by atoms with van der Waals surface area (Å²) in [5, 5.41) is 4.16. The second kappa shape index (κ2) is 13.4. The number of anilines is 2. The molecule has 2 aliphatic rings. The van der Waals surface area contributed by atoms with Crippen molar-refractivity contribution in [2.24, 2.45) is 20.0 Å². The first-order valence-corrected chi connectivity index (χ1v) is 17.3. The number of halogens is 1. The number of hydrogen-bond acceptors (Lipinski definition) is 9. The second-order valence-electron chi connectivity index (χ2n) is 13.3. The second-order valence-corrected chi connectivity index (χ2v) is 13.7. The Labute approximate surface area is 294 Å². The highest BCUT2D eigenvalue weighted by Gasteiger charge is 2.36. The zero-order chi connectivity index (χ0) is 35.3. The molecule has 7 rings (SSSR count). The number of hydrogen-bond donors (Lipinski definition) is 1. The van der Waals surface area contributed by atoms with Crippen LogP contribution in [-0.4, -0.2) is 55.5 Å². The summed E-state index contributed by atoms with van der Waals surface area (Å²) in [7, 11) is 4.71. The summed E-state index contributed by atoms with van der Waals surface area (Å²) in [4.78, 5) is 53.3. The van der Waals surface area contributed by atoms with Crippen LogP contribution in [0.5, 0.6) is 5.88 Å². The van der Waals surface area contributed by atoms with Crippen molar-refractivity contribution < 1.29 is 9.53 Å². The number of aldehydes is 1. The molecule has 2 atom stereocenters. The van der Waals surface area contributed by atoms with Gasteiger partial charge in [0.1, 0.15) is 23.3 Å². The zero-order valence-corrected chi connectivity index (χ0v) is 29.7. The Bertz CT molecular complexity index is 2280. The zero-order valence-electron chi connectivity index (χ0n) is 28.9. The van der Waals surface area contributed by atoms with E-state index in [1.165, 1.54) is 17.2 Å². The quantitative estimate of drug-likeness (QED) is 0.183. The number of likely N-dealkylation sites (tertiary alicyclic amines) is 1. The number of rotatable bonds is 9. The Morgan fingerprint density at radius 3 is 2.54 bits per heavy atom. The largest absolute Gasteiger partial charge is 0.481 e. The van der Waals surface area contributed by atoms with Crippen molar-refractivity contribution in [3.63, 3.8) is 0 Å². The highest BCUT2D eigenvalue weighted by atomic mass is 35.5. The fraction of sp³-hybridized carbons (Fsp3) is 0.368. The van der Waals surface area contributed by atoms with Gasteiger partial charge in [-0.05, 0) is 80.8 Å².